The molecule has 2 amide bonds. The van der Waals surface area contributed by atoms with Crippen LogP contribution in [0.15, 0.2) is 18.2 Å². The number of fused-ring (bicyclic) bond motifs is 1. The first kappa shape index (κ1) is 13.4. The molecule has 0 aromatic heterocycles. The maximum Gasteiger partial charge on any atom is 0.252 e. The number of carbonyl (C=O) groups excluding carboxylic acids is 2. The summed E-state index contributed by atoms with van der Waals surface area (Å²) in [5.74, 6) is 1.48. The number of halogens is 1. The lowest BCUT2D eigenvalue weighted by atomic mass is 10.0. The van der Waals surface area contributed by atoms with Gasteiger partial charge in [-0.25, -0.2) is 0 Å². The van der Waals surface area contributed by atoms with E-state index in [0.29, 0.717) is 16.3 Å². The lowest BCUT2D eigenvalue weighted by molar-refractivity contribution is -0.120. The molecule has 1 aromatic rings. The topological polar surface area (TPSA) is 58.2 Å². The summed E-state index contributed by atoms with van der Waals surface area (Å²) in [6.45, 7) is 0. The fourth-order valence-electron chi connectivity index (χ4n) is 3.08. The molecule has 2 N–H and O–H groups in total. The van der Waals surface area contributed by atoms with E-state index in [1.807, 2.05) is 0 Å². The minimum Gasteiger partial charge on any atom is -0.355 e. The number of rotatable bonds is 3. The van der Waals surface area contributed by atoms with Crippen LogP contribution in [0.3, 0.4) is 0 Å². The Bertz CT molecular complexity index is 563. The predicted molar refractivity (Wildman–Crippen MR) is 77.8 cm³/mol. The van der Waals surface area contributed by atoms with E-state index in [9.17, 15) is 9.59 Å². The molecule has 0 radical (unpaired) electrons. The number of carbonyl (C=O) groups is 2. The van der Waals surface area contributed by atoms with Crippen molar-refractivity contribution in [3.8, 4) is 0 Å². The van der Waals surface area contributed by atoms with Crippen molar-refractivity contribution in [2.45, 2.75) is 19.3 Å². The highest BCUT2D eigenvalue weighted by atomic mass is 35.5. The van der Waals surface area contributed by atoms with E-state index >= 15 is 0 Å². The molecule has 5 heteroatoms. The van der Waals surface area contributed by atoms with Crippen LogP contribution in [0.2, 0.25) is 5.02 Å². The quantitative estimate of drug-likeness (QED) is 0.900. The van der Waals surface area contributed by atoms with Crippen LogP contribution in [0.25, 0.3) is 0 Å². The van der Waals surface area contributed by atoms with Gasteiger partial charge in [0.25, 0.3) is 5.91 Å². The summed E-state index contributed by atoms with van der Waals surface area (Å²) in [5, 5.41) is 5.81. The van der Waals surface area contributed by atoms with Gasteiger partial charge in [-0.15, -0.1) is 0 Å². The monoisotopic (exact) mass is 292 g/mol. The zero-order valence-corrected chi connectivity index (χ0v) is 12.0. The number of anilines is 1. The average molecular weight is 293 g/mol. The van der Waals surface area contributed by atoms with E-state index in [4.69, 9.17) is 11.6 Å². The Labute approximate surface area is 122 Å². The van der Waals surface area contributed by atoms with Gasteiger partial charge in [0, 0.05) is 18.7 Å². The van der Waals surface area contributed by atoms with Crippen LogP contribution in [0.4, 0.5) is 5.69 Å². The fourth-order valence-corrected chi connectivity index (χ4v) is 3.29. The lowest BCUT2D eigenvalue weighted by Gasteiger charge is -2.13. The van der Waals surface area contributed by atoms with Gasteiger partial charge in [-0.1, -0.05) is 11.6 Å². The number of benzene rings is 1. The summed E-state index contributed by atoms with van der Waals surface area (Å²) in [6.07, 6.45) is 3.31. The number of hydrogen-bond acceptors (Lipinski definition) is 2. The largest absolute Gasteiger partial charge is 0.355 e. The summed E-state index contributed by atoms with van der Waals surface area (Å²) >= 11 is 5.98. The van der Waals surface area contributed by atoms with Crippen molar-refractivity contribution in [3.63, 3.8) is 0 Å². The molecular weight excluding hydrogens is 276 g/mol. The molecule has 2 fully saturated rings. The molecule has 2 aliphatic carbocycles. The smallest absolute Gasteiger partial charge is 0.252 e. The van der Waals surface area contributed by atoms with Gasteiger partial charge in [0.15, 0.2) is 0 Å². The Morgan fingerprint density at radius 2 is 1.90 bits per heavy atom. The Kier molecular flexibility index (Phi) is 3.42. The van der Waals surface area contributed by atoms with Crippen molar-refractivity contribution >= 4 is 29.1 Å². The molecule has 2 saturated carbocycles. The van der Waals surface area contributed by atoms with Gasteiger partial charge in [0.1, 0.15) is 0 Å². The molecule has 0 heterocycles. The van der Waals surface area contributed by atoms with Gasteiger partial charge in [-0.05, 0) is 49.3 Å². The molecule has 0 spiro atoms. The summed E-state index contributed by atoms with van der Waals surface area (Å²) in [5.41, 5.74) is 1.000. The highest BCUT2D eigenvalue weighted by Crippen LogP contribution is 2.54. The van der Waals surface area contributed by atoms with Crippen LogP contribution in [0, 0.1) is 17.8 Å². The van der Waals surface area contributed by atoms with E-state index in [1.165, 1.54) is 6.42 Å². The van der Waals surface area contributed by atoms with Crippen LogP contribution >= 0.6 is 11.6 Å². The number of hydrogen-bond donors (Lipinski definition) is 2. The summed E-state index contributed by atoms with van der Waals surface area (Å²) in [4.78, 5) is 23.8. The molecule has 20 heavy (non-hydrogen) atoms. The Morgan fingerprint density at radius 3 is 2.55 bits per heavy atom. The molecule has 106 valence electrons. The van der Waals surface area contributed by atoms with E-state index in [2.05, 4.69) is 10.6 Å². The third-order valence-corrected chi connectivity index (χ3v) is 4.65. The van der Waals surface area contributed by atoms with Crippen LogP contribution in [0.1, 0.15) is 29.6 Å². The highest BCUT2D eigenvalue weighted by Gasteiger charge is 2.47. The molecule has 2 aliphatic rings. The fraction of sp³-hybridized carbons (Fsp3) is 0.467. The van der Waals surface area contributed by atoms with E-state index in [1.54, 1.807) is 25.2 Å². The summed E-state index contributed by atoms with van der Waals surface area (Å²) in [7, 11) is 1.55. The maximum atomic E-state index is 12.2. The molecule has 1 aromatic carbocycles. The molecular formula is C15H17ClN2O2. The normalized spacial score (nSPS) is 26.8. The second kappa shape index (κ2) is 5.09. The van der Waals surface area contributed by atoms with Gasteiger partial charge >= 0.3 is 0 Å². The van der Waals surface area contributed by atoms with Crippen molar-refractivity contribution in [2.24, 2.45) is 17.8 Å². The molecule has 3 rings (SSSR count). The molecule has 4 nitrogen and oxygen atoms in total. The second-order valence-electron chi connectivity index (χ2n) is 5.69. The van der Waals surface area contributed by atoms with Crippen molar-refractivity contribution in [1.82, 2.24) is 5.32 Å². The zero-order valence-electron chi connectivity index (χ0n) is 11.3. The minimum absolute atomic E-state index is 0.0578. The molecule has 0 bridgehead atoms. The molecule has 2 unspecified atom stereocenters. The first-order valence-electron chi connectivity index (χ1n) is 6.91. The third kappa shape index (κ3) is 2.52. The van der Waals surface area contributed by atoms with Crippen molar-refractivity contribution in [3.05, 3.63) is 28.8 Å². The van der Waals surface area contributed by atoms with Crippen molar-refractivity contribution in [2.75, 3.05) is 12.4 Å². The van der Waals surface area contributed by atoms with Crippen LogP contribution in [-0.2, 0) is 4.79 Å². The van der Waals surface area contributed by atoms with Gasteiger partial charge in [0.05, 0.1) is 10.6 Å². The first-order valence-corrected chi connectivity index (χ1v) is 7.28. The van der Waals surface area contributed by atoms with Gasteiger partial charge in [-0.3, -0.25) is 9.59 Å². The van der Waals surface area contributed by atoms with Gasteiger partial charge in [-0.2, -0.15) is 0 Å². The first-order chi connectivity index (χ1) is 9.58. The Balaban J connectivity index is 1.70. The van der Waals surface area contributed by atoms with Gasteiger partial charge < -0.3 is 10.6 Å². The summed E-state index contributed by atoms with van der Waals surface area (Å²) < 4.78 is 0. The minimum atomic E-state index is -0.256. The number of amides is 2. The van der Waals surface area contributed by atoms with E-state index < -0.39 is 0 Å². The standard InChI is InChI=1S/C15H17ClN2O2/c1-17-15(20)12-7-11(2-3-13(12)16)18-14(19)10-5-8-4-9(8)6-10/h2-3,7-10H,4-6H2,1H3,(H,17,20)(H,18,19). The highest BCUT2D eigenvalue weighted by molar-refractivity contribution is 6.34. The average Bonchev–Trinajstić information content (AvgIpc) is 3.06. The molecule has 0 aliphatic heterocycles. The van der Waals surface area contributed by atoms with Gasteiger partial charge in [0.2, 0.25) is 5.91 Å². The summed E-state index contributed by atoms with van der Waals surface area (Å²) in [6, 6.07) is 4.98. The van der Waals surface area contributed by atoms with Crippen LogP contribution < -0.4 is 10.6 Å². The van der Waals surface area contributed by atoms with E-state index in [-0.39, 0.29) is 17.7 Å². The maximum absolute atomic E-state index is 12.2. The zero-order chi connectivity index (χ0) is 14.3. The predicted octanol–water partition coefficient (Wildman–Crippen LogP) is 2.68. The van der Waals surface area contributed by atoms with Crippen molar-refractivity contribution < 1.29 is 9.59 Å². The second-order valence-corrected chi connectivity index (χ2v) is 6.09. The Hall–Kier alpha value is -1.55. The SMILES string of the molecule is CNC(=O)c1cc(NC(=O)C2CC3CC3C2)ccc1Cl. The Morgan fingerprint density at radius 1 is 1.20 bits per heavy atom. The number of nitrogens with one attached hydrogen (secondary N) is 2. The van der Waals surface area contributed by atoms with Crippen molar-refractivity contribution in [1.29, 1.82) is 0 Å². The van der Waals surface area contributed by atoms with E-state index in [0.717, 1.165) is 24.7 Å². The lowest BCUT2D eigenvalue weighted by Crippen LogP contribution is -2.22. The third-order valence-electron chi connectivity index (χ3n) is 4.32. The van der Waals surface area contributed by atoms with Crippen LogP contribution in [-0.4, -0.2) is 18.9 Å². The van der Waals surface area contributed by atoms with Crippen LogP contribution in [0.5, 0.6) is 0 Å². The molecule has 0 saturated heterocycles. The molecule has 2 atom stereocenters.